The van der Waals surface area contributed by atoms with Gasteiger partial charge in [-0.3, -0.25) is 4.79 Å². The van der Waals surface area contributed by atoms with Crippen LogP contribution in [0, 0.1) is 0 Å². The summed E-state index contributed by atoms with van der Waals surface area (Å²) in [5.74, 6) is 0.288. The largest absolute Gasteiger partial charge is 0.364 e. The molecule has 2 heteroatoms. The fraction of sp³-hybridized carbons (Fsp3) is 0.417. The summed E-state index contributed by atoms with van der Waals surface area (Å²) in [4.78, 5) is 13.4. The molecule has 0 radical (unpaired) electrons. The summed E-state index contributed by atoms with van der Waals surface area (Å²) in [6.07, 6.45) is 0.614. The van der Waals surface area contributed by atoms with Crippen molar-refractivity contribution in [3.8, 4) is 0 Å². The van der Waals surface area contributed by atoms with Gasteiger partial charge in [0.15, 0.2) is 5.78 Å². The van der Waals surface area contributed by atoms with Gasteiger partial charge < -0.3 is 4.90 Å². The van der Waals surface area contributed by atoms with E-state index in [-0.39, 0.29) is 5.78 Å². The number of ketones is 1. The van der Waals surface area contributed by atoms with Gasteiger partial charge in [-0.25, -0.2) is 0 Å². The highest BCUT2D eigenvalue weighted by Crippen LogP contribution is 2.12. The van der Waals surface area contributed by atoms with Crippen molar-refractivity contribution in [3.63, 3.8) is 0 Å². The number of anilines is 1. The van der Waals surface area contributed by atoms with Crippen molar-refractivity contribution in [1.82, 2.24) is 0 Å². The summed E-state index contributed by atoms with van der Waals surface area (Å²) < 4.78 is 0. The Labute approximate surface area is 85.5 Å². The first-order valence-corrected chi connectivity index (χ1v) is 5.09. The molecule has 0 atom stereocenters. The van der Waals surface area contributed by atoms with E-state index in [4.69, 9.17) is 0 Å². The Morgan fingerprint density at radius 2 is 1.86 bits per heavy atom. The molecule has 0 saturated carbocycles. The maximum atomic E-state index is 11.3. The van der Waals surface area contributed by atoms with Crippen molar-refractivity contribution in [3.05, 3.63) is 30.3 Å². The number of para-hydroxylation sites is 1. The van der Waals surface area contributed by atoms with Crippen LogP contribution in [0.5, 0.6) is 0 Å². The Morgan fingerprint density at radius 1 is 1.21 bits per heavy atom. The highest BCUT2D eigenvalue weighted by atomic mass is 16.1. The first kappa shape index (κ1) is 10.8. The van der Waals surface area contributed by atoms with Crippen LogP contribution in [0.3, 0.4) is 0 Å². The van der Waals surface area contributed by atoms with Crippen LogP contribution in [0.15, 0.2) is 30.3 Å². The third kappa shape index (κ3) is 2.87. The number of carbonyl (C=O) groups is 1. The van der Waals surface area contributed by atoms with Gasteiger partial charge >= 0.3 is 0 Å². The molecular weight excluding hydrogens is 174 g/mol. The fourth-order valence-corrected chi connectivity index (χ4v) is 1.35. The van der Waals surface area contributed by atoms with Crippen LogP contribution in [0.25, 0.3) is 0 Å². The van der Waals surface area contributed by atoms with Crippen LogP contribution in [0.4, 0.5) is 5.69 Å². The predicted octanol–water partition coefficient (Wildman–Crippen LogP) is 2.49. The lowest BCUT2D eigenvalue weighted by molar-refractivity contribution is -0.117. The maximum Gasteiger partial charge on any atom is 0.151 e. The molecule has 14 heavy (non-hydrogen) atoms. The zero-order valence-corrected chi connectivity index (χ0v) is 8.86. The molecule has 0 N–H and O–H groups in total. The van der Waals surface area contributed by atoms with Crippen LogP contribution in [-0.2, 0) is 4.79 Å². The van der Waals surface area contributed by atoms with Gasteiger partial charge in [0.2, 0.25) is 0 Å². The number of hydrogen-bond donors (Lipinski definition) is 0. The Bertz CT molecular complexity index is 282. The molecule has 0 heterocycles. The van der Waals surface area contributed by atoms with Crippen molar-refractivity contribution >= 4 is 11.5 Å². The van der Waals surface area contributed by atoms with E-state index in [9.17, 15) is 4.79 Å². The smallest absolute Gasteiger partial charge is 0.151 e. The lowest BCUT2D eigenvalue weighted by Crippen LogP contribution is -2.29. The second kappa shape index (κ2) is 5.43. The van der Waals surface area contributed by atoms with Gasteiger partial charge in [-0.15, -0.1) is 0 Å². The van der Waals surface area contributed by atoms with E-state index >= 15 is 0 Å². The average molecular weight is 191 g/mol. The molecule has 1 rings (SSSR count). The fourth-order valence-electron chi connectivity index (χ4n) is 1.35. The normalized spacial score (nSPS) is 9.86. The average Bonchev–Trinajstić information content (AvgIpc) is 2.26. The minimum Gasteiger partial charge on any atom is -0.364 e. The van der Waals surface area contributed by atoms with Crippen molar-refractivity contribution in [2.75, 3.05) is 18.0 Å². The van der Waals surface area contributed by atoms with E-state index in [2.05, 4.69) is 11.8 Å². The molecule has 0 spiro atoms. The first-order chi connectivity index (χ1) is 6.77. The lowest BCUT2D eigenvalue weighted by Gasteiger charge is -2.21. The molecule has 76 valence electrons. The Hall–Kier alpha value is -1.31. The maximum absolute atomic E-state index is 11.3. The minimum absolute atomic E-state index is 0.288. The van der Waals surface area contributed by atoms with Gasteiger partial charge in [0.1, 0.15) is 0 Å². The van der Waals surface area contributed by atoms with Gasteiger partial charge in [0.05, 0.1) is 6.54 Å². The molecule has 0 aromatic heterocycles. The molecule has 0 amide bonds. The molecule has 0 saturated heterocycles. The number of Topliss-reactive ketones (excluding diaryl/α,β-unsaturated/α-hetero) is 1. The zero-order valence-electron chi connectivity index (χ0n) is 8.86. The SMILES string of the molecule is CCC(=O)CN(CC)c1ccccc1. The number of carbonyl (C=O) groups excluding carboxylic acids is 1. The van der Waals surface area contributed by atoms with Crippen LogP contribution in [0.2, 0.25) is 0 Å². The molecule has 0 aliphatic rings. The zero-order chi connectivity index (χ0) is 10.4. The predicted molar refractivity (Wildman–Crippen MR) is 59.6 cm³/mol. The van der Waals surface area contributed by atoms with Crippen LogP contribution in [0.1, 0.15) is 20.3 Å². The topological polar surface area (TPSA) is 20.3 Å². The molecular formula is C12H17NO. The standard InChI is InChI=1S/C12H17NO/c1-3-12(14)10-13(4-2)11-8-6-5-7-9-11/h5-9H,3-4,10H2,1-2H3. The molecule has 0 fully saturated rings. The summed E-state index contributed by atoms with van der Waals surface area (Å²) in [6, 6.07) is 10.0. The summed E-state index contributed by atoms with van der Waals surface area (Å²) >= 11 is 0. The van der Waals surface area contributed by atoms with Gasteiger partial charge in [0.25, 0.3) is 0 Å². The van der Waals surface area contributed by atoms with Gasteiger partial charge in [-0.1, -0.05) is 25.1 Å². The van der Waals surface area contributed by atoms with E-state index in [0.717, 1.165) is 12.2 Å². The van der Waals surface area contributed by atoms with E-state index in [1.807, 2.05) is 37.3 Å². The minimum atomic E-state index is 0.288. The molecule has 2 nitrogen and oxygen atoms in total. The Morgan fingerprint density at radius 3 is 2.36 bits per heavy atom. The van der Waals surface area contributed by atoms with Gasteiger partial charge in [-0.2, -0.15) is 0 Å². The molecule has 1 aromatic rings. The third-order valence-electron chi connectivity index (χ3n) is 2.26. The van der Waals surface area contributed by atoms with E-state index in [0.29, 0.717) is 13.0 Å². The first-order valence-electron chi connectivity index (χ1n) is 5.09. The Kier molecular flexibility index (Phi) is 4.17. The number of likely N-dealkylation sites (N-methyl/N-ethyl adjacent to an activating group) is 1. The van der Waals surface area contributed by atoms with Crippen LogP contribution >= 0.6 is 0 Å². The summed E-state index contributed by atoms with van der Waals surface area (Å²) in [5.41, 5.74) is 1.12. The number of hydrogen-bond acceptors (Lipinski definition) is 2. The van der Waals surface area contributed by atoms with Crippen LogP contribution < -0.4 is 4.90 Å². The summed E-state index contributed by atoms with van der Waals surface area (Å²) in [7, 11) is 0. The third-order valence-corrected chi connectivity index (χ3v) is 2.26. The highest BCUT2D eigenvalue weighted by Gasteiger charge is 2.07. The highest BCUT2D eigenvalue weighted by molar-refractivity contribution is 5.83. The van der Waals surface area contributed by atoms with E-state index in [1.165, 1.54) is 0 Å². The number of rotatable bonds is 5. The quantitative estimate of drug-likeness (QED) is 0.712. The number of nitrogens with zero attached hydrogens (tertiary/aromatic N) is 1. The lowest BCUT2D eigenvalue weighted by atomic mass is 10.2. The van der Waals surface area contributed by atoms with Crippen molar-refractivity contribution in [1.29, 1.82) is 0 Å². The molecule has 0 unspecified atom stereocenters. The summed E-state index contributed by atoms with van der Waals surface area (Å²) in [5, 5.41) is 0. The monoisotopic (exact) mass is 191 g/mol. The second-order valence-electron chi connectivity index (χ2n) is 3.24. The van der Waals surface area contributed by atoms with Crippen molar-refractivity contribution < 1.29 is 4.79 Å². The van der Waals surface area contributed by atoms with E-state index in [1.54, 1.807) is 0 Å². The summed E-state index contributed by atoms with van der Waals surface area (Å²) in [6.45, 7) is 5.36. The molecule has 0 bridgehead atoms. The van der Waals surface area contributed by atoms with E-state index < -0.39 is 0 Å². The second-order valence-corrected chi connectivity index (χ2v) is 3.24. The molecule has 0 aliphatic heterocycles. The van der Waals surface area contributed by atoms with Crippen molar-refractivity contribution in [2.24, 2.45) is 0 Å². The van der Waals surface area contributed by atoms with Crippen molar-refractivity contribution in [2.45, 2.75) is 20.3 Å². The van der Waals surface area contributed by atoms with Crippen LogP contribution in [-0.4, -0.2) is 18.9 Å². The van der Waals surface area contributed by atoms with Gasteiger partial charge in [-0.05, 0) is 19.1 Å². The van der Waals surface area contributed by atoms with Gasteiger partial charge in [0, 0.05) is 18.7 Å². The molecule has 0 aliphatic carbocycles. The molecule has 1 aromatic carbocycles. The number of benzene rings is 1. The Balaban J connectivity index is 2.68.